The van der Waals surface area contributed by atoms with Gasteiger partial charge in [0, 0.05) is 17.7 Å². The highest BCUT2D eigenvalue weighted by atomic mass is 16.6. The molecule has 0 aliphatic carbocycles. The van der Waals surface area contributed by atoms with Crippen molar-refractivity contribution in [1.82, 2.24) is 45.3 Å². The van der Waals surface area contributed by atoms with E-state index in [0.29, 0.717) is 23.9 Å². The van der Waals surface area contributed by atoms with Crippen molar-refractivity contribution < 1.29 is 38.2 Å². The second-order valence-electron chi connectivity index (χ2n) is 17.3. The lowest BCUT2D eigenvalue weighted by Crippen LogP contribution is -2.51. The molecule has 4 aromatic rings. The van der Waals surface area contributed by atoms with Crippen molar-refractivity contribution in [1.29, 1.82) is 0 Å². The van der Waals surface area contributed by atoms with Gasteiger partial charge >= 0.3 is 18.3 Å². The molecule has 2 aromatic carbocycles. The summed E-state index contributed by atoms with van der Waals surface area (Å²) in [6.45, 7) is 13.4. The molecule has 2 aromatic heterocycles. The molecule has 63 heavy (non-hydrogen) atoms. The summed E-state index contributed by atoms with van der Waals surface area (Å²) >= 11 is 0. The summed E-state index contributed by atoms with van der Waals surface area (Å²) in [6, 6.07) is 13.0. The van der Waals surface area contributed by atoms with E-state index >= 15 is 0 Å². The zero-order valence-corrected chi connectivity index (χ0v) is 37.3. The van der Waals surface area contributed by atoms with E-state index in [4.69, 9.17) is 14.2 Å². The number of rotatable bonds is 10. The molecule has 6 rings (SSSR count). The zero-order valence-electron chi connectivity index (χ0n) is 37.3. The highest BCUT2D eigenvalue weighted by Gasteiger charge is 2.43. The molecule has 334 valence electrons. The summed E-state index contributed by atoms with van der Waals surface area (Å²) in [5.41, 5.74) is 4.18. The number of hydrogen-bond donors (Lipinski definition) is 4. The molecule has 0 unspecified atom stereocenters. The van der Waals surface area contributed by atoms with E-state index in [1.165, 1.54) is 24.0 Å². The van der Waals surface area contributed by atoms with Crippen LogP contribution < -0.4 is 10.6 Å². The molecule has 4 atom stereocenters. The third-order valence-electron chi connectivity index (χ3n) is 10.9. The molecule has 4 heterocycles. The molecule has 5 amide bonds. The van der Waals surface area contributed by atoms with Crippen LogP contribution in [0, 0.1) is 23.7 Å². The van der Waals surface area contributed by atoms with E-state index in [1.54, 1.807) is 38.1 Å². The van der Waals surface area contributed by atoms with Gasteiger partial charge in [-0.1, -0.05) is 63.8 Å². The lowest BCUT2D eigenvalue weighted by Gasteiger charge is -2.30. The lowest BCUT2D eigenvalue weighted by atomic mass is 10.0. The Balaban J connectivity index is 1.12. The van der Waals surface area contributed by atoms with Crippen LogP contribution in [0.3, 0.4) is 0 Å². The molecule has 0 radical (unpaired) electrons. The number of amides is 5. The molecular formula is C46H57N9O8. The largest absolute Gasteiger partial charge is 0.453 e. The topological polar surface area (TPSA) is 204 Å². The molecule has 0 saturated carbocycles. The monoisotopic (exact) mass is 863 g/mol. The number of nitrogens with zero attached hydrogens (tertiary/aromatic N) is 5. The molecule has 17 nitrogen and oxygen atoms in total. The first kappa shape index (κ1) is 45.7. The maximum atomic E-state index is 14.0. The fourth-order valence-corrected chi connectivity index (χ4v) is 7.55. The fraction of sp³-hybridized carbons (Fsp3) is 0.457. The van der Waals surface area contributed by atoms with Crippen LogP contribution in [0.15, 0.2) is 60.9 Å². The summed E-state index contributed by atoms with van der Waals surface area (Å²) in [7, 11) is 2.51. The number of alkyl carbamates (subject to hydrolysis) is 2. The minimum absolute atomic E-state index is 0.0533. The van der Waals surface area contributed by atoms with Gasteiger partial charge in [0.1, 0.15) is 35.4 Å². The standard InChI is InChI=1S/C46H57N9O8/c1-27(2)37(51-43(58)61-8)41(56)54-22-10-11-35(54)39-47-23-33(49-39)31-18-14-29(15-19-31)12-13-30-16-20-32(21-17-30)34-24-48-40(50-34)36-25-53(45(60)63-46(5,6)7)26-55(36)42(57)38(28(3)4)52-44(59)62-9/h14-21,23-24,27-28,35-38H,10-11,22,25-26H2,1-9H3,(H,47,49)(H,48,50)(H,51,58)(H,52,59)/t35-,36-,37-,38-/m0/s1. The molecule has 0 bridgehead atoms. The van der Waals surface area contributed by atoms with E-state index in [1.807, 2.05) is 76.2 Å². The Kier molecular flexibility index (Phi) is 14.1. The van der Waals surface area contributed by atoms with Crippen LogP contribution in [0.25, 0.3) is 22.5 Å². The van der Waals surface area contributed by atoms with Crippen molar-refractivity contribution in [3.63, 3.8) is 0 Å². The molecule has 2 aliphatic rings. The second kappa shape index (κ2) is 19.5. The third-order valence-corrected chi connectivity index (χ3v) is 10.9. The molecule has 17 heteroatoms. The van der Waals surface area contributed by atoms with Crippen LogP contribution in [0.2, 0.25) is 0 Å². The van der Waals surface area contributed by atoms with Crippen LogP contribution >= 0.6 is 0 Å². The summed E-state index contributed by atoms with van der Waals surface area (Å²) in [5.74, 6) is 6.69. The summed E-state index contributed by atoms with van der Waals surface area (Å²) in [6.07, 6.45) is 3.10. The Bertz CT molecular complexity index is 2340. The van der Waals surface area contributed by atoms with Crippen LogP contribution in [-0.4, -0.2) is 116 Å². The maximum absolute atomic E-state index is 14.0. The number of methoxy groups -OCH3 is 2. The average molecular weight is 864 g/mol. The first-order valence-corrected chi connectivity index (χ1v) is 21.1. The van der Waals surface area contributed by atoms with Gasteiger partial charge in [-0.25, -0.2) is 24.4 Å². The molecule has 2 saturated heterocycles. The van der Waals surface area contributed by atoms with Gasteiger partial charge in [-0.15, -0.1) is 0 Å². The molecule has 4 N–H and O–H groups in total. The second-order valence-corrected chi connectivity index (χ2v) is 17.3. The number of benzene rings is 2. The van der Waals surface area contributed by atoms with Crippen LogP contribution in [-0.2, 0) is 23.8 Å². The van der Waals surface area contributed by atoms with Gasteiger partial charge in [0.15, 0.2) is 0 Å². The van der Waals surface area contributed by atoms with Crippen molar-refractivity contribution in [2.45, 2.75) is 91.1 Å². The van der Waals surface area contributed by atoms with Crippen molar-refractivity contribution in [3.8, 4) is 34.4 Å². The van der Waals surface area contributed by atoms with E-state index in [0.717, 1.165) is 40.8 Å². The first-order chi connectivity index (χ1) is 30.0. The van der Waals surface area contributed by atoms with Gasteiger partial charge in [-0.2, -0.15) is 0 Å². The average Bonchev–Trinajstić information content (AvgIpc) is 4.09. The van der Waals surface area contributed by atoms with E-state index in [2.05, 4.69) is 42.4 Å². The van der Waals surface area contributed by atoms with Gasteiger partial charge in [0.2, 0.25) is 11.8 Å². The normalized spacial score (nSPS) is 17.2. The number of nitrogens with one attached hydrogen (secondary N) is 4. The molecular weight excluding hydrogens is 807 g/mol. The number of imidazole rings is 2. The first-order valence-electron chi connectivity index (χ1n) is 21.1. The number of likely N-dealkylation sites (tertiary alicyclic amines) is 1. The predicted octanol–water partition coefficient (Wildman–Crippen LogP) is 6.37. The Morgan fingerprint density at radius 3 is 1.62 bits per heavy atom. The Morgan fingerprint density at radius 1 is 0.714 bits per heavy atom. The van der Waals surface area contributed by atoms with Gasteiger partial charge in [0.25, 0.3) is 0 Å². The highest BCUT2D eigenvalue weighted by molar-refractivity contribution is 5.87. The van der Waals surface area contributed by atoms with E-state index in [-0.39, 0.29) is 42.9 Å². The molecule has 2 fully saturated rings. The quantitative estimate of drug-likeness (QED) is 0.102. The SMILES string of the molecule is COC(=O)N[C@H](C(=O)N1CCC[C@H]1c1ncc(-c2ccc(C#Cc3ccc(-c4cnc([C@@H]5CN(C(=O)OC(C)(C)C)CN5C(=O)[C@@H](NC(=O)OC)C(C)C)[nH]4)cc3)cc2)[nH]1)C(C)C. The number of carbonyl (C=O) groups is 5. The third kappa shape index (κ3) is 11.0. The Labute approximate surface area is 367 Å². The van der Waals surface area contributed by atoms with Crippen molar-refractivity contribution in [2.24, 2.45) is 11.8 Å². The lowest BCUT2D eigenvalue weighted by molar-refractivity contribution is -0.136. The smallest absolute Gasteiger partial charge is 0.411 e. The number of H-pyrrole nitrogens is 2. The summed E-state index contributed by atoms with van der Waals surface area (Å²) < 4.78 is 15.1. The maximum Gasteiger partial charge on any atom is 0.411 e. The van der Waals surface area contributed by atoms with Crippen LogP contribution in [0.1, 0.15) is 96.2 Å². The van der Waals surface area contributed by atoms with Gasteiger partial charge in [-0.05, 0) is 80.8 Å². The summed E-state index contributed by atoms with van der Waals surface area (Å²) in [5, 5.41) is 5.32. The van der Waals surface area contributed by atoms with Crippen LogP contribution in [0.4, 0.5) is 14.4 Å². The van der Waals surface area contributed by atoms with Crippen molar-refractivity contribution >= 4 is 30.1 Å². The number of ether oxygens (including phenoxy) is 3. The minimum Gasteiger partial charge on any atom is -0.453 e. The number of carbonyl (C=O) groups excluding carboxylic acids is 5. The van der Waals surface area contributed by atoms with E-state index in [9.17, 15) is 24.0 Å². The number of hydrogen-bond acceptors (Lipinski definition) is 10. The Morgan fingerprint density at radius 2 is 1.17 bits per heavy atom. The molecule has 2 aliphatic heterocycles. The number of aromatic nitrogens is 4. The zero-order chi connectivity index (χ0) is 45.6. The minimum atomic E-state index is -0.902. The van der Waals surface area contributed by atoms with E-state index < -0.39 is 42.0 Å². The van der Waals surface area contributed by atoms with Gasteiger partial charge in [0.05, 0.1) is 57.3 Å². The fourth-order valence-electron chi connectivity index (χ4n) is 7.55. The van der Waals surface area contributed by atoms with Crippen LogP contribution in [0.5, 0.6) is 0 Å². The predicted molar refractivity (Wildman–Crippen MR) is 233 cm³/mol. The molecule has 0 spiro atoms. The highest BCUT2D eigenvalue weighted by Crippen LogP contribution is 2.34. The van der Waals surface area contributed by atoms with Crippen molar-refractivity contribution in [3.05, 3.63) is 83.7 Å². The Hall–Kier alpha value is -6.83. The van der Waals surface area contributed by atoms with Gasteiger partial charge in [-0.3, -0.25) is 14.5 Å². The summed E-state index contributed by atoms with van der Waals surface area (Å²) in [4.78, 5) is 85.6. The van der Waals surface area contributed by atoms with Gasteiger partial charge < -0.3 is 44.6 Å². The van der Waals surface area contributed by atoms with Crippen molar-refractivity contribution in [2.75, 3.05) is 34.0 Å². The number of aromatic amines is 2.